The number of nitrogens with one attached hydrogen (secondary N) is 1. The quantitative estimate of drug-likeness (QED) is 0.792. The van der Waals surface area contributed by atoms with Crippen LogP contribution in [0.2, 0.25) is 0 Å². The van der Waals surface area contributed by atoms with E-state index in [4.69, 9.17) is 0 Å². The van der Waals surface area contributed by atoms with Crippen LogP contribution in [0.1, 0.15) is 10.7 Å². The summed E-state index contributed by atoms with van der Waals surface area (Å²) in [5.41, 5.74) is 3.08. The Morgan fingerprint density at radius 3 is 2.53 bits per heavy atom. The molecule has 5 nitrogen and oxygen atoms in total. The van der Waals surface area contributed by atoms with E-state index < -0.39 is 0 Å². The maximum atomic E-state index is 4.42. The first-order valence-corrected chi connectivity index (χ1v) is 6.81. The molecule has 0 saturated heterocycles. The van der Waals surface area contributed by atoms with Crippen molar-refractivity contribution in [2.75, 3.05) is 5.32 Å². The molecule has 0 spiro atoms. The Balaban J connectivity index is 1.66. The van der Waals surface area contributed by atoms with Crippen LogP contribution < -0.4 is 5.32 Å². The molecule has 3 rings (SSSR count). The Kier molecular flexibility index (Phi) is 3.24. The molecule has 0 aliphatic carbocycles. The van der Waals surface area contributed by atoms with Gasteiger partial charge in [-0.05, 0) is 31.2 Å². The fourth-order valence-electron chi connectivity index (χ4n) is 1.72. The lowest BCUT2D eigenvalue weighted by Crippen LogP contribution is -2.01. The van der Waals surface area contributed by atoms with Crippen molar-refractivity contribution in [1.29, 1.82) is 0 Å². The van der Waals surface area contributed by atoms with Crippen molar-refractivity contribution in [1.82, 2.24) is 20.0 Å². The fraction of sp³-hybridized carbons (Fsp3) is 0.154. The molecule has 2 aromatic heterocycles. The Bertz CT molecular complexity index is 642. The second-order valence-corrected chi connectivity index (χ2v) is 5.04. The summed E-state index contributed by atoms with van der Waals surface area (Å²) in [4.78, 5) is 6.01. The summed E-state index contributed by atoms with van der Waals surface area (Å²) in [7, 11) is 0. The van der Waals surface area contributed by atoms with E-state index >= 15 is 0 Å². The first-order chi connectivity index (χ1) is 9.31. The van der Waals surface area contributed by atoms with E-state index in [0.717, 1.165) is 28.6 Å². The van der Waals surface area contributed by atoms with Gasteiger partial charge in [0.25, 0.3) is 0 Å². The van der Waals surface area contributed by atoms with Gasteiger partial charge in [0.2, 0.25) is 0 Å². The number of hydrogen-bond donors (Lipinski definition) is 1. The molecular weight excluding hydrogens is 258 g/mol. The van der Waals surface area contributed by atoms with Crippen LogP contribution in [-0.4, -0.2) is 20.0 Å². The summed E-state index contributed by atoms with van der Waals surface area (Å²) >= 11 is 1.67. The minimum atomic E-state index is 0.748. The molecule has 0 aliphatic heterocycles. The number of aryl methyl sites for hydroxylation is 1. The van der Waals surface area contributed by atoms with Crippen molar-refractivity contribution in [2.24, 2.45) is 0 Å². The number of hydrogen-bond acceptors (Lipinski definition) is 5. The van der Waals surface area contributed by atoms with Gasteiger partial charge in [-0.25, -0.2) is 4.98 Å². The van der Waals surface area contributed by atoms with Crippen LogP contribution in [0, 0.1) is 6.92 Å². The lowest BCUT2D eigenvalue weighted by atomic mass is 10.3. The Morgan fingerprint density at radius 1 is 1.16 bits per heavy atom. The molecule has 2 heterocycles. The van der Waals surface area contributed by atoms with Gasteiger partial charge in [0.15, 0.2) is 0 Å². The highest BCUT2D eigenvalue weighted by molar-refractivity contribution is 7.09. The molecule has 1 aromatic carbocycles. The first kappa shape index (κ1) is 11.9. The zero-order valence-electron chi connectivity index (χ0n) is 10.4. The number of thiazole rings is 1. The maximum Gasteiger partial charge on any atom is 0.112 e. The van der Waals surface area contributed by atoms with Crippen LogP contribution >= 0.6 is 11.3 Å². The second kappa shape index (κ2) is 5.19. The summed E-state index contributed by atoms with van der Waals surface area (Å²) in [5, 5.41) is 14.7. The first-order valence-electron chi connectivity index (χ1n) is 5.93. The molecule has 96 valence electrons. The second-order valence-electron chi connectivity index (χ2n) is 4.10. The van der Waals surface area contributed by atoms with E-state index in [1.54, 1.807) is 28.5 Å². The SMILES string of the molecule is Cc1csc(CNc2ccc(-n3nccn3)cc2)n1. The van der Waals surface area contributed by atoms with Gasteiger partial charge in [-0.3, -0.25) is 0 Å². The average molecular weight is 271 g/mol. The third-order valence-corrected chi connectivity index (χ3v) is 3.59. The van der Waals surface area contributed by atoms with Crippen molar-refractivity contribution in [3.05, 3.63) is 52.7 Å². The van der Waals surface area contributed by atoms with Gasteiger partial charge < -0.3 is 5.32 Å². The van der Waals surface area contributed by atoms with E-state index in [9.17, 15) is 0 Å². The van der Waals surface area contributed by atoms with Gasteiger partial charge in [-0.1, -0.05) is 0 Å². The standard InChI is InChI=1S/C13H13N5S/c1-10-9-19-13(17-10)8-14-11-2-4-12(5-3-11)18-15-6-7-16-18/h2-7,9,14H,8H2,1H3. The average Bonchev–Trinajstić information content (AvgIpc) is 3.08. The van der Waals surface area contributed by atoms with E-state index in [1.165, 1.54) is 0 Å². The third-order valence-electron chi connectivity index (χ3n) is 2.63. The van der Waals surface area contributed by atoms with Gasteiger partial charge >= 0.3 is 0 Å². The summed E-state index contributed by atoms with van der Waals surface area (Å²) in [5.74, 6) is 0. The third kappa shape index (κ3) is 2.79. The number of nitrogens with zero attached hydrogens (tertiary/aromatic N) is 4. The summed E-state index contributed by atoms with van der Waals surface area (Å²) in [6, 6.07) is 7.99. The van der Waals surface area contributed by atoms with Crippen molar-refractivity contribution < 1.29 is 0 Å². The Labute approximate surface area is 114 Å². The summed E-state index contributed by atoms with van der Waals surface area (Å²) in [6.07, 6.45) is 3.33. The highest BCUT2D eigenvalue weighted by atomic mass is 32.1. The molecule has 0 unspecified atom stereocenters. The lowest BCUT2D eigenvalue weighted by Gasteiger charge is -2.05. The van der Waals surface area contributed by atoms with Crippen LogP contribution in [-0.2, 0) is 6.54 Å². The molecule has 0 amide bonds. The predicted molar refractivity (Wildman–Crippen MR) is 75.5 cm³/mol. The van der Waals surface area contributed by atoms with E-state index in [0.29, 0.717) is 0 Å². The normalized spacial score (nSPS) is 10.6. The molecule has 6 heteroatoms. The van der Waals surface area contributed by atoms with Gasteiger partial charge in [-0.15, -0.1) is 11.3 Å². The molecule has 3 aromatic rings. The summed E-state index contributed by atoms with van der Waals surface area (Å²) in [6.45, 7) is 2.75. The van der Waals surface area contributed by atoms with Gasteiger partial charge in [0, 0.05) is 16.8 Å². The highest BCUT2D eigenvalue weighted by Crippen LogP contribution is 2.14. The molecule has 1 N–H and O–H groups in total. The summed E-state index contributed by atoms with van der Waals surface area (Å²) < 4.78 is 0. The maximum absolute atomic E-state index is 4.42. The molecule has 0 fully saturated rings. The lowest BCUT2D eigenvalue weighted by molar-refractivity contribution is 0.752. The number of rotatable bonds is 4. The number of benzene rings is 1. The van der Waals surface area contributed by atoms with Crippen molar-refractivity contribution in [3.63, 3.8) is 0 Å². The van der Waals surface area contributed by atoms with Crippen molar-refractivity contribution in [2.45, 2.75) is 13.5 Å². The molecule has 0 atom stereocenters. The topological polar surface area (TPSA) is 55.6 Å². The number of aromatic nitrogens is 4. The zero-order chi connectivity index (χ0) is 13.1. The van der Waals surface area contributed by atoms with E-state index in [-0.39, 0.29) is 0 Å². The van der Waals surface area contributed by atoms with Gasteiger partial charge in [0.1, 0.15) is 5.01 Å². The molecular formula is C13H13N5S. The van der Waals surface area contributed by atoms with Crippen LogP contribution in [0.5, 0.6) is 0 Å². The monoisotopic (exact) mass is 271 g/mol. The van der Waals surface area contributed by atoms with Crippen LogP contribution in [0.15, 0.2) is 42.0 Å². The van der Waals surface area contributed by atoms with Crippen molar-refractivity contribution in [3.8, 4) is 5.69 Å². The fourth-order valence-corrected chi connectivity index (χ4v) is 2.43. The minimum absolute atomic E-state index is 0.748. The van der Waals surface area contributed by atoms with Crippen molar-refractivity contribution >= 4 is 17.0 Å². The Morgan fingerprint density at radius 2 is 1.89 bits per heavy atom. The molecule has 0 bridgehead atoms. The Hall–Kier alpha value is -2.21. The molecule has 19 heavy (non-hydrogen) atoms. The molecule has 0 aliphatic rings. The molecule has 0 radical (unpaired) electrons. The van der Waals surface area contributed by atoms with E-state index in [2.05, 4.69) is 25.9 Å². The molecule has 0 saturated carbocycles. The van der Waals surface area contributed by atoms with Crippen LogP contribution in [0.3, 0.4) is 0 Å². The highest BCUT2D eigenvalue weighted by Gasteiger charge is 2.00. The van der Waals surface area contributed by atoms with Crippen LogP contribution in [0.4, 0.5) is 5.69 Å². The predicted octanol–water partition coefficient (Wildman–Crippen LogP) is 2.64. The smallest absolute Gasteiger partial charge is 0.112 e. The minimum Gasteiger partial charge on any atom is -0.379 e. The largest absolute Gasteiger partial charge is 0.379 e. The van der Waals surface area contributed by atoms with E-state index in [1.807, 2.05) is 31.2 Å². The van der Waals surface area contributed by atoms with Gasteiger partial charge in [-0.2, -0.15) is 15.0 Å². The van der Waals surface area contributed by atoms with Gasteiger partial charge in [0.05, 0.1) is 24.6 Å². The van der Waals surface area contributed by atoms with Crippen LogP contribution in [0.25, 0.3) is 5.69 Å². The zero-order valence-corrected chi connectivity index (χ0v) is 11.3. The number of anilines is 1.